The number of rotatable bonds is 3. The molecule has 1 aliphatic rings. The van der Waals surface area contributed by atoms with Gasteiger partial charge >= 0.3 is 11.3 Å². The Morgan fingerprint density at radius 3 is 2.15 bits per heavy atom. The van der Waals surface area contributed by atoms with Gasteiger partial charge in [-0.25, -0.2) is 4.79 Å². The normalized spacial score (nSPS) is 14.3. The highest BCUT2D eigenvalue weighted by atomic mass is 35.5. The van der Waals surface area contributed by atoms with Gasteiger partial charge in [0, 0.05) is 18.5 Å². The lowest BCUT2D eigenvalue weighted by atomic mass is 10.2. The number of hydrogen-bond acceptors (Lipinski definition) is 5. The summed E-state index contributed by atoms with van der Waals surface area (Å²) < 4.78 is 0. The van der Waals surface area contributed by atoms with Crippen molar-refractivity contribution in [2.75, 3.05) is 5.32 Å². The van der Waals surface area contributed by atoms with Crippen LogP contribution in [0.15, 0.2) is 24.3 Å². The standard InChI is InChI=1S/C12H9ClN2O5/c13-12(19)14-8-3-1-7(2-4-8)11(18)20-15-9(16)5-6-10(15)17/h1-4H,5-6H2,(H,14,19). The number of amides is 3. The third-order valence-corrected chi connectivity index (χ3v) is 2.64. The Bertz CT molecular complexity index is 568. The monoisotopic (exact) mass is 296 g/mol. The molecule has 2 rings (SSSR count). The molecule has 0 unspecified atom stereocenters. The van der Waals surface area contributed by atoms with E-state index in [-0.39, 0.29) is 18.4 Å². The molecule has 1 N–H and O–H groups in total. The Kier molecular flexibility index (Phi) is 3.99. The first-order valence-corrected chi connectivity index (χ1v) is 6.00. The highest BCUT2D eigenvalue weighted by Crippen LogP contribution is 2.16. The van der Waals surface area contributed by atoms with Crippen molar-refractivity contribution in [3.05, 3.63) is 29.8 Å². The van der Waals surface area contributed by atoms with Gasteiger partial charge in [0.2, 0.25) is 0 Å². The van der Waals surface area contributed by atoms with E-state index in [0.29, 0.717) is 10.8 Å². The van der Waals surface area contributed by atoms with E-state index in [1.54, 1.807) is 0 Å². The van der Waals surface area contributed by atoms with Crippen molar-refractivity contribution in [3.63, 3.8) is 0 Å². The molecule has 0 radical (unpaired) electrons. The van der Waals surface area contributed by atoms with Crippen LogP contribution in [-0.2, 0) is 14.4 Å². The van der Waals surface area contributed by atoms with E-state index in [1.165, 1.54) is 24.3 Å². The van der Waals surface area contributed by atoms with Crippen molar-refractivity contribution in [3.8, 4) is 0 Å². The quantitative estimate of drug-likeness (QED) is 0.520. The maximum Gasteiger partial charge on any atom is 0.363 e. The highest BCUT2D eigenvalue weighted by Gasteiger charge is 2.33. The molecule has 0 spiro atoms. The summed E-state index contributed by atoms with van der Waals surface area (Å²) in [6, 6.07) is 5.61. The molecule has 0 aliphatic carbocycles. The summed E-state index contributed by atoms with van der Waals surface area (Å²) in [5, 5.41) is 2.03. The van der Waals surface area contributed by atoms with E-state index in [4.69, 9.17) is 16.4 Å². The largest absolute Gasteiger partial charge is 0.363 e. The second-order valence-corrected chi connectivity index (χ2v) is 4.28. The van der Waals surface area contributed by atoms with Crippen LogP contribution in [0.25, 0.3) is 0 Å². The first kappa shape index (κ1) is 14.0. The fourth-order valence-corrected chi connectivity index (χ4v) is 1.71. The van der Waals surface area contributed by atoms with E-state index in [1.807, 2.05) is 0 Å². The number of benzene rings is 1. The Morgan fingerprint density at radius 2 is 1.65 bits per heavy atom. The number of hydroxylamine groups is 2. The molecule has 104 valence electrons. The van der Waals surface area contributed by atoms with Crippen molar-refractivity contribution >= 4 is 40.4 Å². The van der Waals surface area contributed by atoms with Gasteiger partial charge in [0.25, 0.3) is 11.8 Å². The van der Waals surface area contributed by atoms with Gasteiger partial charge in [-0.15, -0.1) is 5.06 Å². The van der Waals surface area contributed by atoms with Crippen molar-refractivity contribution in [1.82, 2.24) is 5.06 Å². The van der Waals surface area contributed by atoms with Crippen molar-refractivity contribution in [2.45, 2.75) is 12.8 Å². The zero-order valence-electron chi connectivity index (χ0n) is 10.1. The van der Waals surface area contributed by atoms with E-state index >= 15 is 0 Å². The zero-order chi connectivity index (χ0) is 14.7. The molecule has 1 aliphatic heterocycles. The van der Waals surface area contributed by atoms with Crippen molar-refractivity contribution in [1.29, 1.82) is 0 Å². The topological polar surface area (TPSA) is 92.8 Å². The summed E-state index contributed by atoms with van der Waals surface area (Å²) in [6.45, 7) is 0. The van der Waals surface area contributed by atoms with E-state index in [9.17, 15) is 19.2 Å². The van der Waals surface area contributed by atoms with E-state index in [2.05, 4.69) is 5.32 Å². The fraction of sp³-hybridized carbons (Fsp3) is 0.167. The predicted molar refractivity (Wildman–Crippen MR) is 67.8 cm³/mol. The average molecular weight is 297 g/mol. The molecule has 8 heteroatoms. The lowest BCUT2D eigenvalue weighted by molar-refractivity contribution is -0.172. The zero-order valence-corrected chi connectivity index (χ0v) is 10.8. The number of imide groups is 1. The first-order valence-electron chi connectivity index (χ1n) is 5.62. The van der Waals surface area contributed by atoms with Crippen LogP contribution < -0.4 is 5.32 Å². The summed E-state index contributed by atoms with van der Waals surface area (Å²) in [7, 11) is 0. The number of halogens is 1. The summed E-state index contributed by atoms with van der Waals surface area (Å²) in [6.07, 6.45) is 0.0691. The number of carbonyl (C=O) groups excluding carboxylic acids is 4. The van der Waals surface area contributed by atoms with Crippen LogP contribution in [0.2, 0.25) is 0 Å². The van der Waals surface area contributed by atoms with Crippen LogP contribution in [-0.4, -0.2) is 28.2 Å². The second kappa shape index (κ2) is 5.70. The molecule has 0 saturated carbocycles. The predicted octanol–water partition coefficient (Wildman–Crippen LogP) is 1.68. The van der Waals surface area contributed by atoms with Gasteiger partial charge in [0.1, 0.15) is 0 Å². The number of carbonyl (C=O) groups is 4. The third-order valence-electron chi connectivity index (χ3n) is 2.54. The number of nitrogens with zero attached hydrogens (tertiary/aromatic N) is 1. The maximum absolute atomic E-state index is 11.7. The van der Waals surface area contributed by atoms with Crippen molar-refractivity contribution < 1.29 is 24.0 Å². The molecule has 0 atom stereocenters. The molecule has 1 fully saturated rings. The molecule has 0 aromatic heterocycles. The fourth-order valence-electron chi connectivity index (χ4n) is 1.60. The minimum atomic E-state index is -0.836. The van der Waals surface area contributed by atoms with Gasteiger partial charge in [-0.2, -0.15) is 0 Å². The molecule has 7 nitrogen and oxygen atoms in total. The van der Waals surface area contributed by atoms with Crippen LogP contribution in [0.5, 0.6) is 0 Å². The Morgan fingerprint density at radius 1 is 1.10 bits per heavy atom. The van der Waals surface area contributed by atoms with Crippen LogP contribution in [0.3, 0.4) is 0 Å². The van der Waals surface area contributed by atoms with Crippen LogP contribution in [0.1, 0.15) is 23.2 Å². The molecule has 1 heterocycles. The Hall–Kier alpha value is -2.41. The molecule has 1 aromatic carbocycles. The van der Waals surface area contributed by atoms with Gasteiger partial charge in [0.15, 0.2) is 0 Å². The molecule has 3 amide bonds. The number of anilines is 1. The smallest absolute Gasteiger partial charge is 0.325 e. The SMILES string of the molecule is O=C(Cl)Nc1ccc(C(=O)ON2C(=O)CCC2=O)cc1. The van der Waals surface area contributed by atoms with Crippen LogP contribution in [0.4, 0.5) is 10.5 Å². The van der Waals surface area contributed by atoms with Gasteiger partial charge in [-0.05, 0) is 35.9 Å². The Balaban J connectivity index is 2.04. The molecule has 0 bridgehead atoms. The third kappa shape index (κ3) is 3.12. The number of hydrogen-bond donors (Lipinski definition) is 1. The van der Waals surface area contributed by atoms with Crippen LogP contribution in [0, 0.1) is 0 Å². The highest BCUT2D eigenvalue weighted by molar-refractivity contribution is 6.65. The van der Waals surface area contributed by atoms with Gasteiger partial charge in [-0.1, -0.05) is 0 Å². The molecule has 1 aromatic rings. The molecular weight excluding hydrogens is 288 g/mol. The average Bonchev–Trinajstić information content (AvgIpc) is 2.70. The van der Waals surface area contributed by atoms with Gasteiger partial charge < -0.3 is 10.2 Å². The van der Waals surface area contributed by atoms with Crippen LogP contribution >= 0.6 is 11.6 Å². The van der Waals surface area contributed by atoms with E-state index in [0.717, 1.165) is 0 Å². The Labute approximate surface area is 118 Å². The number of nitrogens with one attached hydrogen (secondary N) is 1. The first-order chi connectivity index (χ1) is 9.47. The minimum absolute atomic E-state index is 0.0345. The maximum atomic E-state index is 11.7. The summed E-state index contributed by atoms with van der Waals surface area (Å²) >= 11 is 5.14. The summed E-state index contributed by atoms with van der Waals surface area (Å²) in [5.74, 6) is -1.93. The summed E-state index contributed by atoms with van der Waals surface area (Å²) in [5.41, 5.74) is 0.528. The van der Waals surface area contributed by atoms with Gasteiger partial charge in [-0.3, -0.25) is 14.4 Å². The second-order valence-electron chi connectivity index (χ2n) is 3.94. The lowest BCUT2D eigenvalue weighted by Crippen LogP contribution is -2.32. The van der Waals surface area contributed by atoms with E-state index < -0.39 is 23.2 Å². The van der Waals surface area contributed by atoms with Crippen molar-refractivity contribution in [2.24, 2.45) is 0 Å². The van der Waals surface area contributed by atoms with Gasteiger partial charge in [0.05, 0.1) is 5.56 Å². The molecule has 1 saturated heterocycles. The molecular formula is C12H9ClN2O5. The lowest BCUT2D eigenvalue weighted by Gasteiger charge is -2.12. The molecule has 20 heavy (non-hydrogen) atoms. The minimum Gasteiger partial charge on any atom is -0.325 e. The summed E-state index contributed by atoms with van der Waals surface area (Å²) in [4.78, 5) is 49.7.